The van der Waals surface area contributed by atoms with Gasteiger partial charge in [-0.1, -0.05) is 19.8 Å². The maximum atomic E-state index is 5.54. The number of aromatic nitrogens is 1. The highest BCUT2D eigenvalue weighted by molar-refractivity contribution is 5.81. The zero-order valence-electron chi connectivity index (χ0n) is 12.7. The minimum absolute atomic E-state index is 0.716. The second-order valence-corrected chi connectivity index (χ2v) is 5.12. The number of unbranched alkanes of at least 4 members (excludes halogenated alkanes) is 2. The summed E-state index contributed by atoms with van der Waals surface area (Å²) >= 11 is 0. The normalized spacial score (nSPS) is 11.1. The SMILES string of the molecule is CCCCCNCCn1ccc2cc(OCC)ccc21. The van der Waals surface area contributed by atoms with Gasteiger partial charge in [-0.15, -0.1) is 0 Å². The van der Waals surface area contributed by atoms with Gasteiger partial charge >= 0.3 is 0 Å². The summed E-state index contributed by atoms with van der Waals surface area (Å²) in [6.45, 7) is 8.14. The second-order valence-electron chi connectivity index (χ2n) is 5.12. The molecule has 110 valence electrons. The maximum Gasteiger partial charge on any atom is 0.120 e. The smallest absolute Gasteiger partial charge is 0.120 e. The molecule has 0 aliphatic rings. The fourth-order valence-corrected chi connectivity index (χ4v) is 2.45. The second kappa shape index (κ2) is 7.95. The summed E-state index contributed by atoms with van der Waals surface area (Å²) in [5.41, 5.74) is 1.28. The van der Waals surface area contributed by atoms with E-state index in [4.69, 9.17) is 4.74 Å². The molecule has 0 aliphatic carbocycles. The number of nitrogens with zero attached hydrogens (tertiary/aromatic N) is 1. The highest BCUT2D eigenvalue weighted by Crippen LogP contribution is 2.21. The third kappa shape index (κ3) is 4.01. The van der Waals surface area contributed by atoms with Gasteiger partial charge in [-0.2, -0.15) is 0 Å². The van der Waals surface area contributed by atoms with Crippen molar-refractivity contribution in [2.45, 2.75) is 39.7 Å². The largest absolute Gasteiger partial charge is 0.494 e. The molecule has 3 heteroatoms. The van der Waals surface area contributed by atoms with Crippen LogP contribution in [0.25, 0.3) is 10.9 Å². The van der Waals surface area contributed by atoms with Gasteiger partial charge in [-0.3, -0.25) is 0 Å². The summed E-state index contributed by atoms with van der Waals surface area (Å²) in [6.07, 6.45) is 6.04. The number of fused-ring (bicyclic) bond motifs is 1. The van der Waals surface area contributed by atoms with Crippen LogP contribution in [0, 0.1) is 0 Å². The van der Waals surface area contributed by atoms with E-state index in [-0.39, 0.29) is 0 Å². The Bertz CT molecular complexity index is 519. The summed E-state index contributed by atoms with van der Waals surface area (Å²) in [5.74, 6) is 0.954. The van der Waals surface area contributed by atoms with E-state index in [0.717, 1.165) is 25.4 Å². The summed E-state index contributed by atoms with van der Waals surface area (Å²) in [5, 5.41) is 4.76. The van der Waals surface area contributed by atoms with E-state index in [1.165, 1.54) is 30.2 Å². The van der Waals surface area contributed by atoms with Gasteiger partial charge in [-0.05, 0) is 44.2 Å². The van der Waals surface area contributed by atoms with Crippen molar-refractivity contribution in [3.05, 3.63) is 30.5 Å². The number of hydrogen-bond donors (Lipinski definition) is 1. The highest BCUT2D eigenvalue weighted by Gasteiger charge is 2.02. The lowest BCUT2D eigenvalue weighted by Crippen LogP contribution is -2.20. The molecule has 20 heavy (non-hydrogen) atoms. The lowest BCUT2D eigenvalue weighted by atomic mass is 10.2. The number of ether oxygens (including phenoxy) is 1. The van der Waals surface area contributed by atoms with Crippen LogP contribution in [-0.4, -0.2) is 24.3 Å². The van der Waals surface area contributed by atoms with Gasteiger partial charge in [0.1, 0.15) is 5.75 Å². The van der Waals surface area contributed by atoms with E-state index < -0.39 is 0 Å². The molecule has 2 rings (SSSR count). The van der Waals surface area contributed by atoms with Crippen molar-refractivity contribution in [1.82, 2.24) is 9.88 Å². The molecule has 0 saturated carbocycles. The van der Waals surface area contributed by atoms with E-state index in [9.17, 15) is 0 Å². The molecule has 1 N–H and O–H groups in total. The lowest BCUT2D eigenvalue weighted by Gasteiger charge is -2.08. The number of nitrogens with one attached hydrogen (secondary N) is 1. The van der Waals surface area contributed by atoms with Crippen LogP contribution in [0.2, 0.25) is 0 Å². The molecule has 2 aromatic rings. The molecule has 3 nitrogen and oxygen atoms in total. The number of hydrogen-bond acceptors (Lipinski definition) is 2. The Kier molecular flexibility index (Phi) is 5.93. The van der Waals surface area contributed by atoms with Crippen LogP contribution >= 0.6 is 0 Å². The predicted octanol–water partition coefficient (Wildman–Crippen LogP) is 3.82. The third-order valence-electron chi connectivity index (χ3n) is 3.54. The third-order valence-corrected chi connectivity index (χ3v) is 3.54. The zero-order valence-corrected chi connectivity index (χ0v) is 12.7. The Balaban J connectivity index is 1.87. The molecule has 0 spiro atoms. The number of rotatable bonds is 9. The van der Waals surface area contributed by atoms with Crippen molar-refractivity contribution in [2.75, 3.05) is 19.7 Å². The zero-order chi connectivity index (χ0) is 14.2. The summed E-state index contributed by atoms with van der Waals surface area (Å²) < 4.78 is 7.84. The van der Waals surface area contributed by atoms with Crippen molar-refractivity contribution >= 4 is 10.9 Å². The standard InChI is InChI=1S/C17H26N2O/c1-3-5-6-10-18-11-13-19-12-9-15-14-16(20-4-2)7-8-17(15)19/h7-9,12,14,18H,3-6,10-11,13H2,1-2H3. The van der Waals surface area contributed by atoms with Gasteiger partial charge in [0, 0.05) is 30.2 Å². The van der Waals surface area contributed by atoms with Gasteiger partial charge in [0.15, 0.2) is 0 Å². The van der Waals surface area contributed by atoms with E-state index in [0.29, 0.717) is 6.61 Å². The van der Waals surface area contributed by atoms with Crippen LogP contribution in [-0.2, 0) is 6.54 Å². The van der Waals surface area contributed by atoms with E-state index >= 15 is 0 Å². The molecule has 1 aromatic heterocycles. The quantitative estimate of drug-likeness (QED) is 0.704. The molecule has 0 saturated heterocycles. The molecular formula is C17H26N2O. The molecule has 0 aliphatic heterocycles. The van der Waals surface area contributed by atoms with Crippen molar-refractivity contribution in [2.24, 2.45) is 0 Å². The van der Waals surface area contributed by atoms with Crippen molar-refractivity contribution < 1.29 is 4.74 Å². The van der Waals surface area contributed by atoms with E-state index in [1.807, 2.05) is 6.92 Å². The minimum Gasteiger partial charge on any atom is -0.494 e. The van der Waals surface area contributed by atoms with Crippen molar-refractivity contribution in [1.29, 1.82) is 0 Å². The van der Waals surface area contributed by atoms with Crippen LogP contribution in [0.1, 0.15) is 33.1 Å². The minimum atomic E-state index is 0.716. The van der Waals surface area contributed by atoms with Crippen molar-refractivity contribution in [3.8, 4) is 5.75 Å². The fourth-order valence-electron chi connectivity index (χ4n) is 2.45. The van der Waals surface area contributed by atoms with Gasteiger partial charge < -0.3 is 14.6 Å². The summed E-state index contributed by atoms with van der Waals surface area (Å²) in [4.78, 5) is 0. The first-order valence-corrected chi connectivity index (χ1v) is 7.77. The van der Waals surface area contributed by atoms with Crippen LogP contribution in [0.15, 0.2) is 30.5 Å². The Morgan fingerprint density at radius 3 is 2.80 bits per heavy atom. The maximum absolute atomic E-state index is 5.54. The Morgan fingerprint density at radius 2 is 2.00 bits per heavy atom. The Labute approximate surface area is 121 Å². The average Bonchev–Trinajstić information content (AvgIpc) is 2.86. The average molecular weight is 274 g/mol. The van der Waals surface area contributed by atoms with Crippen molar-refractivity contribution in [3.63, 3.8) is 0 Å². The monoisotopic (exact) mass is 274 g/mol. The number of benzene rings is 1. The molecule has 1 heterocycles. The van der Waals surface area contributed by atoms with Crippen LogP contribution in [0.3, 0.4) is 0 Å². The van der Waals surface area contributed by atoms with E-state index in [1.54, 1.807) is 0 Å². The molecule has 0 bridgehead atoms. The molecule has 0 fully saturated rings. The molecular weight excluding hydrogens is 248 g/mol. The molecule has 0 radical (unpaired) electrons. The Morgan fingerprint density at radius 1 is 1.10 bits per heavy atom. The fraction of sp³-hybridized carbons (Fsp3) is 0.529. The van der Waals surface area contributed by atoms with Gasteiger partial charge in [0.2, 0.25) is 0 Å². The first-order chi connectivity index (χ1) is 9.85. The summed E-state index contributed by atoms with van der Waals surface area (Å²) in [7, 11) is 0. The molecule has 0 atom stereocenters. The predicted molar refractivity (Wildman–Crippen MR) is 85.5 cm³/mol. The first-order valence-electron chi connectivity index (χ1n) is 7.77. The molecule has 0 amide bonds. The topological polar surface area (TPSA) is 26.2 Å². The van der Waals surface area contributed by atoms with Gasteiger partial charge in [0.05, 0.1) is 6.61 Å². The van der Waals surface area contributed by atoms with Gasteiger partial charge in [-0.25, -0.2) is 0 Å². The lowest BCUT2D eigenvalue weighted by molar-refractivity contribution is 0.340. The van der Waals surface area contributed by atoms with Gasteiger partial charge in [0.25, 0.3) is 0 Å². The molecule has 0 unspecified atom stereocenters. The molecule has 1 aromatic carbocycles. The summed E-state index contributed by atoms with van der Waals surface area (Å²) in [6, 6.07) is 8.48. The van der Waals surface area contributed by atoms with Crippen LogP contribution in [0.5, 0.6) is 5.75 Å². The van der Waals surface area contributed by atoms with E-state index in [2.05, 4.69) is 47.3 Å². The highest BCUT2D eigenvalue weighted by atomic mass is 16.5. The van der Waals surface area contributed by atoms with Crippen LogP contribution < -0.4 is 10.1 Å². The van der Waals surface area contributed by atoms with Crippen LogP contribution in [0.4, 0.5) is 0 Å². The Hall–Kier alpha value is -1.48. The first kappa shape index (κ1) is 14.9.